The predicted octanol–water partition coefficient (Wildman–Crippen LogP) is 2.55. The lowest BCUT2D eigenvalue weighted by atomic mass is 10.1. The Bertz CT molecular complexity index is 1420. The van der Waals surface area contributed by atoms with Crippen molar-refractivity contribution in [2.75, 3.05) is 20.8 Å². The van der Waals surface area contributed by atoms with Gasteiger partial charge in [-0.25, -0.2) is 4.68 Å². The molecule has 1 amide bonds. The second-order valence-corrected chi connectivity index (χ2v) is 7.84. The summed E-state index contributed by atoms with van der Waals surface area (Å²) >= 11 is 0. The molecule has 0 N–H and O–H groups in total. The number of aryl methyl sites for hydroxylation is 1. The van der Waals surface area contributed by atoms with E-state index in [0.717, 1.165) is 26.8 Å². The van der Waals surface area contributed by atoms with Crippen molar-refractivity contribution in [2.24, 2.45) is 0 Å². The first-order valence-electron chi connectivity index (χ1n) is 10.7. The summed E-state index contributed by atoms with van der Waals surface area (Å²) in [6.45, 7) is 0.0141. The van der Waals surface area contributed by atoms with E-state index in [0.29, 0.717) is 17.4 Å². The van der Waals surface area contributed by atoms with Gasteiger partial charge in [0.15, 0.2) is 6.61 Å². The van der Waals surface area contributed by atoms with E-state index in [4.69, 9.17) is 9.47 Å². The van der Waals surface area contributed by atoms with Gasteiger partial charge in [0.2, 0.25) is 0 Å². The normalized spacial score (nSPS) is 10.9. The maximum Gasteiger partial charge on any atom is 0.308 e. The number of methoxy groups -OCH3 is 1. The average Bonchev–Trinajstić information content (AvgIpc) is 2.86. The molecule has 174 valence electrons. The number of aromatic nitrogens is 3. The van der Waals surface area contributed by atoms with Crippen molar-refractivity contribution in [3.8, 4) is 5.75 Å². The fourth-order valence-electron chi connectivity index (χ4n) is 3.55. The van der Waals surface area contributed by atoms with Gasteiger partial charge in [0.05, 0.1) is 25.5 Å². The first-order valence-corrected chi connectivity index (χ1v) is 10.7. The largest absolute Gasteiger partial charge is 0.497 e. The van der Waals surface area contributed by atoms with Gasteiger partial charge in [0.25, 0.3) is 11.5 Å². The molecule has 4 aromatic rings. The minimum atomic E-state index is -0.594. The highest BCUT2D eigenvalue weighted by molar-refractivity contribution is 5.85. The molecule has 0 fully saturated rings. The van der Waals surface area contributed by atoms with Crippen LogP contribution in [0, 0.1) is 0 Å². The molecule has 0 saturated heterocycles. The van der Waals surface area contributed by atoms with Crippen molar-refractivity contribution < 1.29 is 19.1 Å². The molecule has 0 aliphatic rings. The van der Waals surface area contributed by atoms with Crippen molar-refractivity contribution in [1.29, 1.82) is 0 Å². The van der Waals surface area contributed by atoms with Gasteiger partial charge in [-0.2, -0.15) is 0 Å². The smallest absolute Gasteiger partial charge is 0.308 e. The van der Waals surface area contributed by atoms with Gasteiger partial charge in [-0.1, -0.05) is 35.5 Å². The van der Waals surface area contributed by atoms with Crippen LogP contribution in [0.3, 0.4) is 0 Å². The quantitative estimate of drug-likeness (QED) is 0.372. The van der Waals surface area contributed by atoms with Gasteiger partial charge in [-0.15, -0.1) is 5.10 Å². The summed E-state index contributed by atoms with van der Waals surface area (Å²) in [6.07, 6.45) is -0.0991. The van der Waals surface area contributed by atoms with E-state index in [9.17, 15) is 14.4 Å². The Balaban J connectivity index is 1.28. The van der Waals surface area contributed by atoms with Crippen LogP contribution in [0.1, 0.15) is 12.0 Å². The lowest BCUT2D eigenvalue weighted by molar-refractivity contribution is -0.152. The van der Waals surface area contributed by atoms with Crippen LogP contribution in [-0.2, 0) is 27.4 Å². The molecule has 1 heterocycles. The van der Waals surface area contributed by atoms with Crippen molar-refractivity contribution in [1.82, 2.24) is 19.9 Å². The highest BCUT2D eigenvalue weighted by Gasteiger charge is 2.14. The van der Waals surface area contributed by atoms with Gasteiger partial charge >= 0.3 is 5.97 Å². The van der Waals surface area contributed by atoms with Gasteiger partial charge < -0.3 is 14.4 Å². The number of fused-ring (bicyclic) bond motifs is 2. The molecule has 0 unspecified atom stereocenters. The first-order chi connectivity index (χ1) is 16.4. The molecule has 34 heavy (non-hydrogen) atoms. The number of nitrogens with zero attached hydrogens (tertiary/aromatic N) is 4. The third kappa shape index (κ3) is 5.20. The van der Waals surface area contributed by atoms with Crippen molar-refractivity contribution in [3.05, 3.63) is 76.6 Å². The number of hydrogen-bond donors (Lipinski definition) is 0. The second kappa shape index (κ2) is 10.1. The zero-order valence-electron chi connectivity index (χ0n) is 18.9. The molecule has 0 saturated carbocycles. The minimum Gasteiger partial charge on any atom is -0.497 e. The van der Waals surface area contributed by atoms with Gasteiger partial charge in [0.1, 0.15) is 11.3 Å². The molecule has 0 radical (unpaired) electrons. The van der Waals surface area contributed by atoms with E-state index in [1.54, 1.807) is 38.4 Å². The molecule has 3 aromatic carbocycles. The Kier molecular flexibility index (Phi) is 6.82. The monoisotopic (exact) mass is 460 g/mol. The molecule has 1 aromatic heterocycles. The van der Waals surface area contributed by atoms with Crippen LogP contribution in [0.5, 0.6) is 5.75 Å². The van der Waals surface area contributed by atoms with E-state index in [2.05, 4.69) is 10.3 Å². The van der Waals surface area contributed by atoms with Crippen LogP contribution in [0.15, 0.2) is 65.5 Å². The number of rotatable bonds is 8. The van der Waals surface area contributed by atoms with Crippen molar-refractivity contribution >= 4 is 33.6 Å². The zero-order valence-corrected chi connectivity index (χ0v) is 18.9. The van der Waals surface area contributed by atoms with Crippen LogP contribution in [0.25, 0.3) is 21.7 Å². The van der Waals surface area contributed by atoms with E-state index < -0.39 is 5.97 Å². The molecular formula is C25H24N4O5. The van der Waals surface area contributed by atoms with Crippen LogP contribution in [-0.4, -0.2) is 52.5 Å². The zero-order chi connectivity index (χ0) is 24.1. The third-order valence-electron chi connectivity index (χ3n) is 5.47. The lowest BCUT2D eigenvalue weighted by Crippen LogP contribution is -2.31. The van der Waals surface area contributed by atoms with Crippen LogP contribution in [0.4, 0.5) is 0 Å². The van der Waals surface area contributed by atoms with Gasteiger partial charge in [0, 0.05) is 13.6 Å². The Morgan fingerprint density at radius 2 is 1.79 bits per heavy atom. The molecule has 0 aliphatic heterocycles. The van der Waals surface area contributed by atoms with Crippen LogP contribution >= 0.6 is 0 Å². The summed E-state index contributed by atoms with van der Waals surface area (Å²) in [5.74, 6) is -0.138. The lowest BCUT2D eigenvalue weighted by Gasteiger charge is -2.17. The van der Waals surface area contributed by atoms with Crippen molar-refractivity contribution in [2.45, 2.75) is 19.5 Å². The Labute approximate surface area is 195 Å². The van der Waals surface area contributed by atoms with Crippen LogP contribution in [0.2, 0.25) is 0 Å². The number of likely N-dealkylation sites (N-methyl/N-ethyl adjacent to an activating group) is 1. The molecule has 0 spiro atoms. The summed E-state index contributed by atoms with van der Waals surface area (Å²) in [5.41, 5.74) is 1.11. The number of ether oxygens (including phenoxy) is 2. The van der Waals surface area contributed by atoms with Crippen molar-refractivity contribution in [3.63, 3.8) is 0 Å². The number of amides is 1. The maximum atomic E-state index is 12.4. The van der Waals surface area contributed by atoms with Gasteiger partial charge in [-0.3, -0.25) is 14.4 Å². The molecule has 4 rings (SSSR count). The average molecular weight is 460 g/mol. The molecule has 9 nitrogen and oxygen atoms in total. The minimum absolute atomic E-state index is 0.0153. The summed E-state index contributed by atoms with van der Waals surface area (Å²) in [4.78, 5) is 38.5. The van der Waals surface area contributed by atoms with Gasteiger partial charge in [-0.05, 0) is 46.7 Å². The Morgan fingerprint density at radius 1 is 1.03 bits per heavy atom. The molecular weight excluding hydrogens is 436 g/mol. The summed E-state index contributed by atoms with van der Waals surface area (Å²) in [5, 5.41) is 10.3. The predicted molar refractivity (Wildman–Crippen MR) is 126 cm³/mol. The number of carbonyl (C=O) groups is 2. The van der Waals surface area contributed by atoms with E-state index >= 15 is 0 Å². The molecule has 0 bridgehead atoms. The maximum absolute atomic E-state index is 12.4. The third-order valence-corrected chi connectivity index (χ3v) is 5.47. The number of carbonyl (C=O) groups excluding carboxylic acids is 2. The van der Waals surface area contributed by atoms with E-state index in [-0.39, 0.29) is 31.0 Å². The second-order valence-electron chi connectivity index (χ2n) is 7.84. The Morgan fingerprint density at radius 3 is 2.62 bits per heavy atom. The SMILES string of the molecule is COc1ccc2cc(CN(C)C(=O)COC(=O)CCn3nnc4ccccc4c3=O)ccc2c1. The fraction of sp³-hybridized carbons (Fsp3) is 0.240. The van der Waals surface area contributed by atoms with E-state index in [1.165, 1.54) is 4.90 Å². The standard InChI is InChI=1S/C25H24N4O5/c1-28(15-17-7-8-19-14-20(33-2)10-9-18(19)13-17)23(30)16-34-24(31)11-12-29-25(32)21-5-3-4-6-22(21)26-27-29/h3-10,13-14H,11-12,15-16H2,1-2H3. The highest BCUT2D eigenvalue weighted by Crippen LogP contribution is 2.22. The summed E-state index contributed by atoms with van der Waals surface area (Å²) in [7, 11) is 3.28. The summed E-state index contributed by atoms with van der Waals surface area (Å²) < 4.78 is 11.5. The molecule has 0 atom stereocenters. The fourth-order valence-corrected chi connectivity index (χ4v) is 3.55. The molecule has 0 aliphatic carbocycles. The highest BCUT2D eigenvalue weighted by atomic mass is 16.5. The Hall–Kier alpha value is -4.27. The number of hydrogen-bond acceptors (Lipinski definition) is 7. The first kappa shape index (κ1) is 22.9. The summed E-state index contributed by atoms with van der Waals surface area (Å²) in [6, 6.07) is 18.6. The topological polar surface area (TPSA) is 104 Å². The molecule has 9 heteroatoms. The number of benzene rings is 3. The van der Waals surface area contributed by atoms with E-state index in [1.807, 2.05) is 36.4 Å². The van der Waals surface area contributed by atoms with Crippen LogP contribution < -0.4 is 10.3 Å². The number of esters is 1.